The second kappa shape index (κ2) is 7.07. The van der Waals surface area contributed by atoms with Crippen LogP contribution in [0.15, 0.2) is 18.2 Å². The van der Waals surface area contributed by atoms with E-state index in [9.17, 15) is 9.18 Å². The average molecular weight is 336 g/mol. The maximum atomic E-state index is 13.7. The van der Waals surface area contributed by atoms with Crippen molar-refractivity contribution < 1.29 is 18.7 Å². The van der Waals surface area contributed by atoms with Crippen LogP contribution in [0.4, 0.5) is 4.39 Å². The normalized spacial score (nSPS) is 22.8. The summed E-state index contributed by atoms with van der Waals surface area (Å²) in [6.45, 7) is 5.06. The van der Waals surface area contributed by atoms with Crippen molar-refractivity contribution in [2.75, 3.05) is 39.5 Å². The number of benzene rings is 1. The molecule has 132 valence electrons. The molecule has 0 aliphatic carbocycles. The summed E-state index contributed by atoms with van der Waals surface area (Å²) >= 11 is 0. The summed E-state index contributed by atoms with van der Waals surface area (Å²) in [5.41, 5.74) is 6.90. The predicted octanol–water partition coefficient (Wildman–Crippen LogP) is 1.73. The fourth-order valence-corrected chi connectivity index (χ4v) is 3.84. The number of hydrogen-bond donors (Lipinski definition) is 1. The average Bonchev–Trinajstić information content (AvgIpc) is 2.94. The van der Waals surface area contributed by atoms with Crippen LogP contribution in [0.5, 0.6) is 5.75 Å². The van der Waals surface area contributed by atoms with Gasteiger partial charge < -0.3 is 20.1 Å². The Morgan fingerprint density at radius 3 is 2.92 bits per heavy atom. The van der Waals surface area contributed by atoms with E-state index >= 15 is 0 Å². The molecule has 0 aromatic heterocycles. The Morgan fingerprint density at radius 1 is 1.46 bits per heavy atom. The smallest absolute Gasteiger partial charge is 0.260 e. The van der Waals surface area contributed by atoms with Gasteiger partial charge >= 0.3 is 0 Å². The van der Waals surface area contributed by atoms with Crippen LogP contribution in [0.2, 0.25) is 0 Å². The lowest BCUT2D eigenvalue weighted by Gasteiger charge is -2.37. The van der Waals surface area contributed by atoms with Crippen molar-refractivity contribution >= 4 is 5.91 Å². The number of hydrogen-bond acceptors (Lipinski definition) is 4. The third kappa shape index (κ3) is 3.39. The first-order valence-corrected chi connectivity index (χ1v) is 8.48. The number of amides is 1. The van der Waals surface area contributed by atoms with Crippen molar-refractivity contribution in [3.63, 3.8) is 0 Å². The van der Waals surface area contributed by atoms with Gasteiger partial charge in [-0.2, -0.15) is 0 Å². The molecule has 6 heteroatoms. The van der Waals surface area contributed by atoms with Crippen LogP contribution in [-0.4, -0.2) is 50.3 Å². The van der Waals surface area contributed by atoms with Crippen LogP contribution in [0.25, 0.3) is 0 Å². The lowest BCUT2D eigenvalue weighted by Crippen LogP contribution is -2.40. The first kappa shape index (κ1) is 17.2. The molecule has 2 fully saturated rings. The highest BCUT2D eigenvalue weighted by molar-refractivity contribution is 5.78. The number of nitrogens with zero attached hydrogens (tertiary/aromatic N) is 1. The Bertz CT molecular complexity index is 602. The lowest BCUT2D eigenvalue weighted by molar-refractivity contribution is -0.133. The highest BCUT2D eigenvalue weighted by Gasteiger charge is 2.47. The third-order valence-corrected chi connectivity index (χ3v) is 5.38. The van der Waals surface area contributed by atoms with Gasteiger partial charge in [0.05, 0.1) is 0 Å². The summed E-state index contributed by atoms with van der Waals surface area (Å²) < 4.78 is 24.6. The van der Waals surface area contributed by atoms with Crippen LogP contribution in [0, 0.1) is 24.1 Å². The number of ether oxygens (including phenoxy) is 2. The van der Waals surface area contributed by atoms with Gasteiger partial charge in [0.15, 0.2) is 18.2 Å². The Kier molecular flexibility index (Phi) is 5.06. The summed E-state index contributed by atoms with van der Waals surface area (Å²) in [7, 11) is 0. The molecule has 24 heavy (non-hydrogen) atoms. The SMILES string of the molecule is Cc1ccc(F)c(OCC(=O)N2CC(CN)C3(CCOCC3)C2)c1. The van der Waals surface area contributed by atoms with Crippen molar-refractivity contribution in [3.8, 4) is 5.75 Å². The first-order valence-electron chi connectivity index (χ1n) is 8.48. The molecule has 1 unspecified atom stereocenters. The molecule has 5 nitrogen and oxygen atoms in total. The monoisotopic (exact) mass is 336 g/mol. The minimum atomic E-state index is -0.449. The Balaban J connectivity index is 1.62. The standard InChI is InChI=1S/C18H25FN2O3/c1-13-2-3-15(19)16(8-13)24-11-17(22)21-10-14(9-20)18(12-21)4-6-23-7-5-18/h2-3,8,14H,4-7,9-12,20H2,1H3. The molecular formula is C18H25FN2O3. The maximum Gasteiger partial charge on any atom is 0.260 e. The topological polar surface area (TPSA) is 64.8 Å². The quantitative estimate of drug-likeness (QED) is 0.909. The largest absolute Gasteiger partial charge is 0.481 e. The summed E-state index contributed by atoms with van der Waals surface area (Å²) in [6.07, 6.45) is 1.87. The van der Waals surface area contributed by atoms with Crippen LogP contribution >= 0.6 is 0 Å². The van der Waals surface area contributed by atoms with Gasteiger partial charge in [-0.25, -0.2) is 4.39 Å². The molecule has 1 atom stereocenters. The van der Waals surface area contributed by atoms with Crippen molar-refractivity contribution in [2.24, 2.45) is 17.1 Å². The van der Waals surface area contributed by atoms with E-state index in [1.165, 1.54) is 6.07 Å². The van der Waals surface area contributed by atoms with E-state index in [1.807, 2.05) is 11.8 Å². The number of nitrogens with two attached hydrogens (primary N) is 1. The van der Waals surface area contributed by atoms with Crippen molar-refractivity contribution in [2.45, 2.75) is 19.8 Å². The number of rotatable bonds is 4. The van der Waals surface area contributed by atoms with Crippen molar-refractivity contribution in [1.82, 2.24) is 4.90 Å². The highest BCUT2D eigenvalue weighted by Crippen LogP contribution is 2.43. The molecule has 2 aliphatic rings. The number of carbonyl (C=O) groups is 1. The molecule has 1 aromatic carbocycles. The summed E-state index contributed by atoms with van der Waals surface area (Å²) in [5.74, 6) is -0.145. The zero-order valence-corrected chi connectivity index (χ0v) is 14.1. The number of carbonyl (C=O) groups excluding carboxylic acids is 1. The number of aryl methyl sites for hydroxylation is 1. The van der Waals surface area contributed by atoms with E-state index in [-0.39, 0.29) is 23.7 Å². The van der Waals surface area contributed by atoms with Gasteiger partial charge in [0.2, 0.25) is 0 Å². The van der Waals surface area contributed by atoms with Crippen molar-refractivity contribution in [1.29, 1.82) is 0 Å². The molecule has 1 amide bonds. The van der Waals surface area contributed by atoms with E-state index in [2.05, 4.69) is 0 Å². The molecule has 1 aromatic rings. The van der Waals surface area contributed by atoms with Gasteiger partial charge in [0, 0.05) is 26.3 Å². The van der Waals surface area contributed by atoms with E-state index in [4.69, 9.17) is 15.2 Å². The zero-order valence-electron chi connectivity index (χ0n) is 14.1. The zero-order chi connectivity index (χ0) is 17.2. The molecule has 0 bridgehead atoms. The second-order valence-electron chi connectivity index (χ2n) is 6.90. The molecule has 0 radical (unpaired) electrons. The van der Waals surface area contributed by atoms with E-state index in [0.717, 1.165) is 31.6 Å². The molecular weight excluding hydrogens is 311 g/mol. The second-order valence-corrected chi connectivity index (χ2v) is 6.90. The minimum absolute atomic E-state index is 0.0667. The molecule has 0 saturated carbocycles. The van der Waals surface area contributed by atoms with Gasteiger partial charge in [-0.1, -0.05) is 6.07 Å². The molecule has 2 aliphatic heterocycles. The van der Waals surface area contributed by atoms with Gasteiger partial charge in [-0.05, 0) is 55.3 Å². The van der Waals surface area contributed by atoms with Crippen LogP contribution in [0.3, 0.4) is 0 Å². The van der Waals surface area contributed by atoms with Gasteiger partial charge in [0.1, 0.15) is 0 Å². The fraction of sp³-hybridized carbons (Fsp3) is 0.611. The Morgan fingerprint density at radius 2 is 2.21 bits per heavy atom. The fourth-order valence-electron chi connectivity index (χ4n) is 3.84. The van der Waals surface area contributed by atoms with E-state index in [1.54, 1.807) is 12.1 Å². The van der Waals surface area contributed by atoms with Crippen LogP contribution in [0.1, 0.15) is 18.4 Å². The predicted molar refractivity (Wildman–Crippen MR) is 88.2 cm³/mol. The molecule has 2 saturated heterocycles. The molecule has 1 spiro atoms. The van der Waals surface area contributed by atoms with Crippen molar-refractivity contribution in [3.05, 3.63) is 29.6 Å². The summed E-state index contributed by atoms with van der Waals surface area (Å²) in [4.78, 5) is 14.3. The van der Waals surface area contributed by atoms with E-state index in [0.29, 0.717) is 25.6 Å². The number of likely N-dealkylation sites (tertiary alicyclic amines) is 1. The van der Waals surface area contributed by atoms with Crippen LogP contribution in [-0.2, 0) is 9.53 Å². The van der Waals surface area contributed by atoms with Gasteiger partial charge in [-0.3, -0.25) is 4.79 Å². The maximum absolute atomic E-state index is 13.7. The van der Waals surface area contributed by atoms with Gasteiger partial charge in [-0.15, -0.1) is 0 Å². The summed E-state index contributed by atoms with van der Waals surface area (Å²) in [5, 5.41) is 0. The Labute approximate surface area is 141 Å². The van der Waals surface area contributed by atoms with Crippen LogP contribution < -0.4 is 10.5 Å². The third-order valence-electron chi connectivity index (χ3n) is 5.38. The minimum Gasteiger partial charge on any atom is -0.481 e. The van der Waals surface area contributed by atoms with E-state index < -0.39 is 5.82 Å². The van der Waals surface area contributed by atoms with Gasteiger partial charge in [0.25, 0.3) is 5.91 Å². The highest BCUT2D eigenvalue weighted by atomic mass is 19.1. The summed E-state index contributed by atoms with van der Waals surface area (Å²) in [6, 6.07) is 4.63. The molecule has 2 N–H and O–H groups in total. The molecule has 2 heterocycles. The molecule has 3 rings (SSSR count). The lowest BCUT2D eigenvalue weighted by atomic mass is 9.72. The number of halogens is 1. The first-order chi connectivity index (χ1) is 11.5. The Hall–Kier alpha value is -1.66.